The molecular weight excluding hydrogens is 274 g/mol. The third-order valence-corrected chi connectivity index (χ3v) is 2.38. The number of nitrogens with zero attached hydrogens (tertiary/aromatic N) is 1. The molecule has 1 N–H and O–H groups in total. The van der Waals surface area contributed by atoms with E-state index in [9.17, 15) is 9.18 Å². The van der Waals surface area contributed by atoms with Crippen LogP contribution >= 0.6 is 22.6 Å². The van der Waals surface area contributed by atoms with Gasteiger partial charge in [0.05, 0.1) is 3.70 Å². The molecule has 0 fully saturated rings. The molecule has 0 unspecified atom stereocenters. The first-order valence-electron chi connectivity index (χ1n) is 3.52. The molecule has 0 saturated heterocycles. The second-order valence-corrected chi connectivity index (χ2v) is 3.79. The van der Waals surface area contributed by atoms with E-state index in [0.717, 1.165) is 3.70 Å². The molecule has 0 aliphatic carbocycles. The molecule has 12 heavy (non-hydrogen) atoms. The fourth-order valence-electron chi connectivity index (χ4n) is 1.32. The Hall–Kier alpha value is -0.590. The third kappa shape index (κ3) is 1.12. The topological polar surface area (TPSA) is 32.3 Å². The van der Waals surface area contributed by atoms with E-state index in [-0.39, 0.29) is 17.4 Å². The molecule has 0 spiro atoms. The molecule has 0 aromatic carbocycles. The molecule has 0 aromatic rings. The van der Waals surface area contributed by atoms with Crippen molar-refractivity contribution in [3.05, 3.63) is 21.4 Å². The summed E-state index contributed by atoms with van der Waals surface area (Å²) in [7, 11) is 0. The van der Waals surface area contributed by atoms with Gasteiger partial charge in [-0.05, 0) is 22.6 Å². The minimum atomic E-state index is -0.336. The van der Waals surface area contributed by atoms with Gasteiger partial charge >= 0.3 is 0 Å². The molecule has 3 nitrogen and oxygen atoms in total. The Balaban J connectivity index is 2.43. The van der Waals surface area contributed by atoms with Crippen molar-refractivity contribution < 1.29 is 9.18 Å². The van der Waals surface area contributed by atoms with E-state index in [1.807, 2.05) is 22.6 Å². The van der Waals surface area contributed by atoms with Crippen LogP contribution in [-0.2, 0) is 4.79 Å². The van der Waals surface area contributed by atoms with Crippen molar-refractivity contribution in [3.63, 3.8) is 0 Å². The lowest BCUT2D eigenvalue weighted by Gasteiger charge is -2.22. The van der Waals surface area contributed by atoms with Gasteiger partial charge < -0.3 is 10.2 Å². The zero-order valence-corrected chi connectivity index (χ0v) is 8.26. The van der Waals surface area contributed by atoms with Crippen molar-refractivity contribution in [2.75, 3.05) is 6.54 Å². The lowest BCUT2D eigenvalue weighted by Crippen LogP contribution is -2.34. The number of hydrogen-bond donors (Lipinski definition) is 1. The molecule has 5 heteroatoms. The van der Waals surface area contributed by atoms with Crippen LogP contribution in [-0.4, -0.2) is 17.4 Å². The Morgan fingerprint density at radius 3 is 3.17 bits per heavy atom. The monoisotopic (exact) mass is 280 g/mol. The Labute approximate surface area is 82.4 Å². The highest BCUT2D eigenvalue weighted by molar-refractivity contribution is 14.1. The summed E-state index contributed by atoms with van der Waals surface area (Å²) in [6.07, 6.45) is 2.08. The quantitative estimate of drug-likeness (QED) is 0.535. The number of halogens is 2. The molecule has 2 heterocycles. The number of fused-ring (bicyclic) bond motifs is 1. The van der Waals surface area contributed by atoms with Gasteiger partial charge in [0.2, 0.25) is 0 Å². The SMILES string of the molecule is O=C1NC(I)=CN2CCC(F)=C12. The Morgan fingerprint density at radius 2 is 2.42 bits per heavy atom. The van der Waals surface area contributed by atoms with Crippen LogP contribution in [0.2, 0.25) is 0 Å². The highest BCUT2D eigenvalue weighted by Crippen LogP contribution is 2.28. The van der Waals surface area contributed by atoms with Gasteiger partial charge in [-0.15, -0.1) is 0 Å². The third-order valence-electron chi connectivity index (χ3n) is 1.83. The van der Waals surface area contributed by atoms with E-state index >= 15 is 0 Å². The van der Waals surface area contributed by atoms with Gasteiger partial charge in [-0.2, -0.15) is 0 Å². The highest BCUT2D eigenvalue weighted by atomic mass is 127. The lowest BCUT2D eigenvalue weighted by atomic mass is 10.3. The van der Waals surface area contributed by atoms with Crippen LogP contribution in [0, 0.1) is 0 Å². The van der Waals surface area contributed by atoms with E-state index in [1.54, 1.807) is 11.1 Å². The minimum absolute atomic E-state index is 0.176. The predicted octanol–water partition coefficient (Wildman–Crippen LogP) is 1.24. The van der Waals surface area contributed by atoms with Crippen LogP contribution < -0.4 is 5.32 Å². The maximum absolute atomic E-state index is 13.0. The molecule has 2 rings (SSSR count). The van der Waals surface area contributed by atoms with Gasteiger partial charge in [0.1, 0.15) is 11.5 Å². The summed E-state index contributed by atoms with van der Waals surface area (Å²) in [6, 6.07) is 0. The fourth-order valence-corrected chi connectivity index (χ4v) is 1.91. The van der Waals surface area contributed by atoms with Crippen LogP contribution in [0.3, 0.4) is 0 Å². The second kappa shape index (κ2) is 2.72. The van der Waals surface area contributed by atoms with E-state index in [1.165, 1.54) is 0 Å². The molecular formula is C7H6FIN2O. The number of amides is 1. The van der Waals surface area contributed by atoms with Gasteiger partial charge in [-0.3, -0.25) is 4.79 Å². The van der Waals surface area contributed by atoms with Crippen LogP contribution in [0.1, 0.15) is 6.42 Å². The highest BCUT2D eigenvalue weighted by Gasteiger charge is 2.30. The first kappa shape index (κ1) is 8.03. The Kier molecular flexibility index (Phi) is 1.82. The first-order valence-corrected chi connectivity index (χ1v) is 4.60. The summed E-state index contributed by atoms with van der Waals surface area (Å²) in [5.74, 6) is -0.649. The van der Waals surface area contributed by atoms with E-state index in [0.29, 0.717) is 13.0 Å². The number of nitrogens with one attached hydrogen (secondary N) is 1. The van der Waals surface area contributed by atoms with Crippen molar-refractivity contribution >= 4 is 28.5 Å². The summed E-state index contributed by atoms with van der Waals surface area (Å²) in [6.45, 7) is 0.571. The van der Waals surface area contributed by atoms with Crippen LogP contribution in [0.25, 0.3) is 0 Å². The van der Waals surface area contributed by atoms with Gasteiger partial charge in [0, 0.05) is 19.2 Å². The summed E-state index contributed by atoms with van der Waals surface area (Å²) in [5, 5.41) is 2.55. The average Bonchev–Trinajstić information content (AvgIpc) is 2.31. The van der Waals surface area contributed by atoms with E-state index in [2.05, 4.69) is 5.32 Å². The smallest absolute Gasteiger partial charge is 0.275 e. The molecule has 64 valence electrons. The van der Waals surface area contributed by atoms with Crippen LogP contribution in [0.15, 0.2) is 21.4 Å². The number of rotatable bonds is 0. The summed E-state index contributed by atoms with van der Waals surface area (Å²) in [5.41, 5.74) is 0.176. The van der Waals surface area contributed by atoms with Crippen molar-refractivity contribution in [1.82, 2.24) is 10.2 Å². The van der Waals surface area contributed by atoms with Crippen molar-refractivity contribution in [3.8, 4) is 0 Å². The maximum atomic E-state index is 13.0. The number of carbonyl (C=O) groups is 1. The zero-order chi connectivity index (χ0) is 8.72. The molecule has 0 bridgehead atoms. The van der Waals surface area contributed by atoms with Crippen LogP contribution in [0.4, 0.5) is 4.39 Å². The van der Waals surface area contributed by atoms with Crippen molar-refractivity contribution in [1.29, 1.82) is 0 Å². The normalized spacial score (nSPS) is 22.3. The summed E-state index contributed by atoms with van der Waals surface area (Å²) in [4.78, 5) is 12.8. The fraction of sp³-hybridized carbons (Fsp3) is 0.286. The molecule has 2 aliphatic heterocycles. The van der Waals surface area contributed by atoms with Crippen molar-refractivity contribution in [2.24, 2.45) is 0 Å². The van der Waals surface area contributed by atoms with Gasteiger partial charge in [-0.25, -0.2) is 4.39 Å². The zero-order valence-electron chi connectivity index (χ0n) is 6.10. The Morgan fingerprint density at radius 1 is 1.67 bits per heavy atom. The molecule has 0 aromatic heterocycles. The average molecular weight is 280 g/mol. The lowest BCUT2D eigenvalue weighted by molar-refractivity contribution is -0.118. The summed E-state index contributed by atoms with van der Waals surface area (Å²) >= 11 is 2.00. The van der Waals surface area contributed by atoms with Gasteiger partial charge in [0.25, 0.3) is 5.91 Å². The maximum Gasteiger partial charge on any atom is 0.275 e. The van der Waals surface area contributed by atoms with E-state index < -0.39 is 0 Å². The number of carbonyl (C=O) groups excluding carboxylic acids is 1. The van der Waals surface area contributed by atoms with Gasteiger partial charge in [-0.1, -0.05) is 0 Å². The Bertz CT molecular complexity index is 311. The van der Waals surface area contributed by atoms with E-state index in [4.69, 9.17) is 0 Å². The minimum Gasteiger partial charge on any atom is -0.338 e. The predicted molar refractivity (Wildman–Crippen MR) is 49.7 cm³/mol. The molecule has 0 atom stereocenters. The standard InChI is InChI=1S/C7H6FIN2O/c8-4-1-2-11-3-5(9)10-7(12)6(4)11/h3H,1-2H2,(H,10,12). The summed E-state index contributed by atoms with van der Waals surface area (Å²) < 4.78 is 13.7. The van der Waals surface area contributed by atoms with Crippen molar-refractivity contribution in [2.45, 2.75) is 6.42 Å². The largest absolute Gasteiger partial charge is 0.338 e. The number of hydrogen-bond acceptors (Lipinski definition) is 2. The molecule has 0 radical (unpaired) electrons. The molecule has 0 saturated carbocycles. The molecule has 2 aliphatic rings. The van der Waals surface area contributed by atoms with Crippen LogP contribution in [0.5, 0.6) is 0 Å². The molecule has 1 amide bonds. The van der Waals surface area contributed by atoms with Gasteiger partial charge in [0.15, 0.2) is 0 Å². The first-order chi connectivity index (χ1) is 5.68. The second-order valence-electron chi connectivity index (χ2n) is 2.63.